The van der Waals surface area contributed by atoms with Crippen LogP contribution in [0.4, 0.5) is 4.79 Å². The maximum atomic E-state index is 10.3. The first-order valence-electron chi connectivity index (χ1n) is 3.61. The Kier molecular flexibility index (Phi) is 6.96. The molecule has 0 rings (SSSR count). The number of carbonyl (C=O) groups is 1. The van der Waals surface area contributed by atoms with Crippen molar-refractivity contribution in [3.05, 3.63) is 0 Å². The zero-order valence-electron chi connectivity index (χ0n) is 6.97. The molecule has 0 aromatic rings. The van der Waals surface area contributed by atoms with Crippen molar-refractivity contribution >= 4 is 28.7 Å². The van der Waals surface area contributed by atoms with Crippen LogP contribution in [0.25, 0.3) is 0 Å². The fourth-order valence-electron chi connectivity index (χ4n) is 0.716. The summed E-state index contributed by atoms with van der Waals surface area (Å²) in [6.07, 6.45) is 0.195. The van der Waals surface area contributed by atoms with E-state index in [1.807, 2.05) is 0 Å². The summed E-state index contributed by atoms with van der Waals surface area (Å²) >= 11 is 2.26. The van der Waals surface area contributed by atoms with E-state index in [-0.39, 0.29) is 5.92 Å². The molecule has 4 heteroatoms. The normalized spacial score (nSPS) is 11.2. The summed E-state index contributed by atoms with van der Waals surface area (Å²) in [5, 5.41) is 0. The molecule has 0 aliphatic rings. The average Bonchev–Trinajstić information content (AvgIpc) is 2.01. The Bertz CT molecular complexity index is 195. The van der Waals surface area contributed by atoms with Crippen LogP contribution in [-0.2, 0) is 4.74 Å². The third-order valence-electron chi connectivity index (χ3n) is 1.23. The number of hydrogen-bond acceptors (Lipinski definition) is 2. The molecule has 0 heterocycles. The molecular weight excluding hydrogens is 269 g/mol. The molecule has 0 aliphatic heterocycles. The van der Waals surface area contributed by atoms with Gasteiger partial charge in [0.1, 0.15) is 6.61 Å². The molecule has 1 unspecified atom stereocenters. The minimum atomic E-state index is -0.730. The highest BCUT2D eigenvalue weighted by Crippen LogP contribution is 2.04. The molecule has 0 saturated carbocycles. The number of carbonyl (C=O) groups excluding carboxylic acids is 1. The lowest BCUT2D eigenvalue weighted by molar-refractivity contribution is 0.145. The van der Waals surface area contributed by atoms with Gasteiger partial charge in [0, 0.05) is 4.43 Å². The quantitative estimate of drug-likeness (QED) is 0.483. The summed E-state index contributed by atoms with van der Waals surface area (Å²) in [5.41, 5.74) is 4.82. The van der Waals surface area contributed by atoms with Crippen molar-refractivity contribution in [2.45, 2.75) is 13.3 Å². The summed E-state index contributed by atoms with van der Waals surface area (Å²) in [5.74, 6) is 5.87. The fraction of sp³-hybridized carbons (Fsp3) is 0.625. The Morgan fingerprint density at radius 2 is 2.42 bits per heavy atom. The number of primary amides is 1. The van der Waals surface area contributed by atoms with Crippen molar-refractivity contribution in [1.29, 1.82) is 0 Å². The predicted molar refractivity (Wildman–Crippen MR) is 56.0 cm³/mol. The number of amides is 1. The van der Waals surface area contributed by atoms with Gasteiger partial charge in [0.15, 0.2) is 0 Å². The summed E-state index contributed by atoms with van der Waals surface area (Å²) in [6.45, 7) is 2.07. The summed E-state index contributed by atoms with van der Waals surface area (Å²) in [7, 11) is 0. The van der Waals surface area contributed by atoms with Gasteiger partial charge in [-0.3, -0.25) is 0 Å². The second kappa shape index (κ2) is 7.22. The molecule has 0 aromatic carbocycles. The second-order valence-corrected chi connectivity index (χ2v) is 3.28. The number of alkyl halides is 1. The molecule has 0 spiro atoms. The Morgan fingerprint density at radius 1 is 1.75 bits per heavy atom. The number of halogens is 1. The van der Waals surface area contributed by atoms with Crippen LogP contribution in [0.5, 0.6) is 0 Å². The van der Waals surface area contributed by atoms with Crippen LogP contribution in [0, 0.1) is 17.8 Å². The maximum absolute atomic E-state index is 10.3. The van der Waals surface area contributed by atoms with Crippen molar-refractivity contribution in [2.24, 2.45) is 11.7 Å². The molecule has 0 bridgehead atoms. The molecule has 12 heavy (non-hydrogen) atoms. The van der Waals surface area contributed by atoms with Gasteiger partial charge < -0.3 is 10.5 Å². The van der Waals surface area contributed by atoms with Crippen molar-refractivity contribution < 1.29 is 9.53 Å². The molecule has 3 nitrogen and oxygen atoms in total. The van der Waals surface area contributed by atoms with Crippen LogP contribution < -0.4 is 5.73 Å². The zero-order valence-corrected chi connectivity index (χ0v) is 9.13. The van der Waals surface area contributed by atoms with Gasteiger partial charge in [0.05, 0.1) is 5.92 Å². The number of ether oxygens (including phenoxy) is 1. The number of hydrogen-bond donors (Lipinski definition) is 1. The van der Waals surface area contributed by atoms with E-state index in [1.165, 1.54) is 0 Å². The van der Waals surface area contributed by atoms with Crippen LogP contribution in [0.1, 0.15) is 13.3 Å². The fourth-order valence-corrected chi connectivity index (χ4v) is 1.47. The Labute approximate surface area is 86.2 Å². The van der Waals surface area contributed by atoms with Gasteiger partial charge in [-0.25, -0.2) is 4.79 Å². The highest BCUT2D eigenvalue weighted by molar-refractivity contribution is 14.1. The Morgan fingerprint density at radius 3 is 2.83 bits per heavy atom. The molecule has 1 atom stereocenters. The first kappa shape index (κ1) is 11.6. The van der Waals surface area contributed by atoms with E-state index in [0.29, 0.717) is 6.61 Å². The van der Waals surface area contributed by atoms with Gasteiger partial charge >= 0.3 is 6.09 Å². The van der Waals surface area contributed by atoms with E-state index >= 15 is 0 Å². The largest absolute Gasteiger partial charge is 0.448 e. The number of nitrogens with two attached hydrogens (primary N) is 1. The van der Waals surface area contributed by atoms with Crippen molar-refractivity contribution in [3.8, 4) is 11.8 Å². The molecule has 0 saturated heterocycles. The zero-order chi connectivity index (χ0) is 9.40. The van der Waals surface area contributed by atoms with Crippen molar-refractivity contribution in [3.63, 3.8) is 0 Å². The molecule has 0 radical (unpaired) electrons. The number of rotatable bonds is 4. The average molecular weight is 281 g/mol. The highest BCUT2D eigenvalue weighted by atomic mass is 127. The molecule has 0 aliphatic carbocycles. The van der Waals surface area contributed by atoms with Gasteiger partial charge in [0.25, 0.3) is 0 Å². The van der Waals surface area contributed by atoms with Gasteiger partial charge in [-0.2, -0.15) is 0 Å². The minimum Gasteiger partial charge on any atom is -0.448 e. The van der Waals surface area contributed by atoms with E-state index < -0.39 is 6.09 Å². The van der Waals surface area contributed by atoms with Crippen LogP contribution in [-0.4, -0.2) is 17.1 Å². The van der Waals surface area contributed by atoms with Crippen molar-refractivity contribution in [2.75, 3.05) is 11.0 Å². The van der Waals surface area contributed by atoms with E-state index in [1.54, 1.807) is 6.92 Å². The lowest BCUT2D eigenvalue weighted by atomic mass is 10.1. The van der Waals surface area contributed by atoms with Crippen LogP contribution in [0.2, 0.25) is 0 Å². The van der Waals surface area contributed by atoms with Crippen LogP contribution in [0.3, 0.4) is 0 Å². The van der Waals surface area contributed by atoms with Crippen LogP contribution >= 0.6 is 22.6 Å². The Balaban J connectivity index is 3.75. The minimum absolute atomic E-state index is 0.124. The second-order valence-electron chi connectivity index (χ2n) is 2.20. The first-order chi connectivity index (χ1) is 5.70. The topological polar surface area (TPSA) is 52.3 Å². The first-order valence-corrected chi connectivity index (χ1v) is 5.13. The van der Waals surface area contributed by atoms with E-state index in [2.05, 4.69) is 39.2 Å². The van der Waals surface area contributed by atoms with E-state index in [0.717, 1.165) is 10.8 Å². The molecule has 68 valence electrons. The highest BCUT2D eigenvalue weighted by Gasteiger charge is 2.05. The standard InChI is InChI=1S/C8H12INO2/c1-2-3-7(4-5-9)6-12-8(10)11/h7H,4-6H2,1H3,(H2,10,11). The summed E-state index contributed by atoms with van der Waals surface area (Å²) < 4.78 is 5.64. The van der Waals surface area contributed by atoms with E-state index in [4.69, 9.17) is 5.73 Å². The monoisotopic (exact) mass is 281 g/mol. The van der Waals surface area contributed by atoms with Gasteiger partial charge in [-0.1, -0.05) is 28.5 Å². The van der Waals surface area contributed by atoms with Gasteiger partial charge in [-0.15, -0.1) is 5.92 Å². The molecule has 0 fully saturated rings. The summed E-state index contributed by atoms with van der Waals surface area (Å²) in [4.78, 5) is 10.3. The molecule has 2 N–H and O–H groups in total. The molecular formula is C8H12INO2. The smallest absolute Gasteiger partial charge is 0.404 e. The Hall–Kier alpha value is -0.440. The lowest BCUT2D eigenvalue weighted by Crippen LogP contribution is -2.18. The predicted octanol–water partition coefficient (Wildman–Crippen LogP) is 1.55. The third-order valence-corrected chi connectivity index (χ3v) is 1.86. The molecule has 0 aromatic heterocycles. The van der Waals surface area contributed by atoms with Gasteiger partial charge in [-0.05, 0) is 13.3 Å². The van der Waals surface area contributed by atoms with Crippen LogP contribution in [0.15, 0.2) is 0 Å². The molecule has 1 amide bonds. The third kappa shape index (κ3) is 6.28. The van der Waals surface area contributed by atoms with Crippen molar-refractivity contribution in [1.82, 2.24) is 0 Å². The van der Waals surface area contributed by atoms with Gasteiger partial charge in [0.2, 0.25) is 0 Å². The SMILES string of the molecule is CC#CC(CCI)COC(N)=O. The summed E-state index contributed by atoms with van der Waals surface area (Å²) in [6, 6.07) is 0. The van der Waals surface area contributed by atoms with E-state index in [9.17, 15) is 4.79 Å². The lowest BCUT2D eigenvalue weighted by Gasteiger charge is -2.07. The maximum Gasteiger partial charge on any atom is 0.404 e.